The van der Waals surface area contributed by atoms with E-state index in [0.717, 1.165) is 46.0 Å². The molecule has 0 aliphatic carbocycles. The average Bonchev–Trinajstić information content (AvgIpc) is 2.53. The van der Waals surface area contributed by atoms with Gasteiger partial charge in [0.15, 0.2) is 5.82 Å². The van der Waals surface area contributed by atoms with Gasteiger partial charge in [-0.05, 0) is 47.6 Å². The van der Waals surface area contributed by atoms with Crippen molar-refractivity contribution in [3.8, 4) is 5.75 Å². The van der Waals surface area contributed by atoms with Crippen molar-refractivity contribution in [2.45, 2.75) is 33.3 Å². The fraction of sp³-hybridized carbons (Fsp3) is 0.375. The van der Waals surface area contributed by atoms with Crippen molar-refractivity contribution in [1.82, 2.24) is 9.97 Å². The van der Waals surface area contributed by atoms with Crippen molar-refractivity contribution in [1.29, 1.82) is 0 Å². The Labute approximate surface area is 139 Å². The highest BCUT2D eigenvalue weighted by atomic mass is 127. The minimum atomic E-state index is 0.384. The fourth-order valence-electron chi connectivity index (χ4n) is 1.87. The number of hydrogen-bond donors (Lipinski definition) is 1. The van der Waals surface area contributed by atoms with Crippen LogP contribution in [0.1, 0.15) is 31.8 Å². The number of ether oxygens (including phenoxy) is 1. The molecule has 0 fully saturated rings. The minimum Gasteiger partial charge on any atom is -0.486 e. The summed E-state index contributed by atoms with van der Waals surface area (Å²) in [7, 11) is 0. The summed E-state index contributed by atoms with van der Waals surface area (Å²) in [5.74, 6) is 2.46. The van der Waals surface area contributed by atoms with Crippen molar-refractivity contribution in [2.75, 3.05) is 11.9 Å². The third kappa shape index (κ3) is 4.56. The van der Waals surface area contributed by atoms with Gasteiger partial charge in [-0.2, -0.15) is 0 Å². The molecule has 0 bridgehead atoms. The summed E-state index contributed by atoms with van der Waals surface area (Å²) in [6, 6.07) is 9.75. The monoisotopic (exact) mass is 397 g/mol. The summed E-state index contributed by atoms with van der Waals surface area (Å²) in [6.45, 7) is 5.54. The molecule has 0 aliphatic rings. The van der Waals surface area contributed by atoms with Gasteiger partial charge in [0, 0.05) is 6.54 Å². The van der Waals surface area contributed by atoms with Crippen LogP contribution in [0.4, 0.5) is 5.82 Å². The van der Waals surface area contributed by atoms with E-state index >= 15 is 0 Å². The van der Waals surface area contributed by atoms with Gasteiger partial charge in [-0.1, -0.05) is 32.0 Å². The highest BCUT2D eigenvalue weighted by Crippen LogP contribution is 2.20. The summed E-state index contributed by atoms with van der Waals surface area (Å²) >= 11 is 2.31. The lowest BCUT2D eigenvalue weighted by molar-refractivity contribution is 0.295. The zero-order valence-corrected chi connectivity index (χ0v) is 14.6. The van der Waals surface area contributed by atoms with Gasteiger partial charge in [0.05, 0.1) is 9.26 Å². The van der Waals surface area contributed by atoms with Crippen LogP contribution in [0.5, 0.6) is 5.75 Å². The van der Waals surface area contributed by atoms with Gasteiger partial charge in [-0.25, -0.2) is 9.97 Å². The van der Waals surface area contributed by atoms with Gasteiger partial charge in [-0.3, -0.25) is 0 Å². The van der Waals surface area contributed by atoms with E-state index in [9.17, 15) is 0 Å². The fourth-order valence-corrected chi connectivity index (χ4v) is 2.68. The van der Waals surface area contributed by atoms with Crippen molar-refractivity contribution < 1.29 is 4.74 Å². The van der Waals surface area contributed by atoms with E-state index in [1.165, 1.54) is 0 Å². The van der Waals surface area contributed by atoms with Crippen LogP contribution in [0, 0.1) is 3.57 Å². The van der Waals surface area contributed by atoms with Crippen molar-refractivity contribution in [3.63, 3.8) is 0 Å². The van der Waals surface area contributed by atoms with Crippen molar-refractivity contribution >= 4 is 28.4 Å². The molecular formula is C16H20IN3O. The maximum absolute atomic E-state index is 5.74. The number of anilines is 1. The molecule has 1 aromatic heterocycles. The number of nitrogens with one attached hydrogen (secondary N) is 1. The molecule has 0 aliphatic heterocycles. The number of aryl methyl sites for hydroxylation is 1. The summed E-state index contributed by atoms with van der Waals surface area (Å²) in [5.41, 5.74) is 1.07. The molecule has 0 spiro atoms. The number of rotatable bonds is 7. The lowest BCUT2D eigenvalue weighted by Crippen LogP contribution is -2.12. The highest BCUT2D eigenvalue weighted by molar-refractivity contribution is 14.1. The van der Waals surface area contributed by atoms with Gasteiger partial charge in [0.1, 0.15) is 18.2 Å². The topological polar surface area (TPSA) is 47.0 Å². The third-order valence-electron chi connectivity index (χ3n) is 2.95. The summed E-state index contributed by atoms with van der Waals surface area (Å²) < 4.78 is 6.84. The SMILES string of the molecule is CCCNc1nc(COc2ccccc2)nc(CC)c1I. The second-order valence-corrected chi connectivity index (χ2v) is 5.71. The summed E-state index contributed by atoms with van der Waals surface area (Å²) in [5, 5.41) is 3.36. The zero-order chi connectivity index (χ0) is 15.1. The first kappa shape index (κ1) is 16.0. The Morgan fingerprint density at radius 2 is 1.90 bits per heavy atom. The van der Waals surface area contributed by atoms with Crippen LogP contribution in [-0.2, 0) is 13.0 Å². The molecule has 1 aromatic carbocycles. The van der Waals surface area contributed by atoms with Gasteiger partial charge in [-0.15, -0.1) is 0 Å². The molecule has 0 saturated heterocycles. The van der Waals surface area contributed by atoms with Crippen molar-refractivity contribution in [3.05, 3.63) is 45.4 Å². The van der Waals surface area contributed by atoms with Gasteiger partial charge in [0.2, 0.25) is 0 Å². The molecule has 5 heteroatoms. The van der Waals surface area contributed by atoms with Crippen LogP contribution in [0.25, 0.3) is 0 Å². The molecule has 0 atom stereocenters. The molecule has 0 amide bonds. The number of hydrogen-bond acceptors (Lipinski definition) is 4. The predicted molar refractivity (Wildman–Crippen MR) is 93.7 cm³/mol. The van der Waals surface area contributed by atoms with E-state index in [0.29, 0.717) is 6.61 Å². The number of para-hydroxylation sites is 1. The van der Waals surface area contributed by atoms with Crippen LogP contribution in [0.2, 0.25) is 0 Å². The second kappa shape index (κ2) is 8.17. The van der Waals surface area contributed by atoms with Gasteiger partial charge in [0.25, 0.3) is 0 Å². The molecule has 112 valence electrons. The predicted octanol–water partition coefficient (Wildman–Crippen LogP) is 4.04. The Morgan fingerprint density at radius 3 is 2.57 bits per heavy atom. The third-order valence-corrected chi connectivity index (χ3v) is 4.09. The number of benzene rings is 1. The molecule has 0 saturated carbocycles. The second-order valence-electron chi connectivity index (χ2n) is 4.63. The quantitative estimate of drug-likeness (QED) is 0.717. The lowest BCUT2D eigenvalue weighted by Gasteiger charge is -2.12. The Balaban J connectivity index is 2.14. The largest absolute Gasteiger partial charge is 0.486 e. The summed E-state index contributed by atoms with van der Waals surface area (Å²) in [4.78, 5) is 9.17. The van der Waals surface area contributed by atoms with Crippen LogP contribution < -0.4 is 10.1 Å². The number of halogens is 1. The van der Waals surface area contributed by atoms with Crippen LogP contribution in [0.3, 0.4) is 0 Å². The van der Waals surface area contributed by atoms with E-state index in [1.54, 1.807) is 0 Å². The lowest BCUT2D eigenvalue weighted by atomic mass is 10.3. The summed E-state index contributed by atoms with van der Waals surface area (Å²) in [6.07, 6.45) is 1.96. The van der Waals surface area contributed by atoms with E-state index in [2.05, 4.69) is 51.7 Å². The maximum atomic E-state index is 5.74. The number of nitrogens with zero attached hydrogens (tertiary/aromatic N) is 2. The molecule has 4 nitrogen and oxygen atoms in total. The molecule has 1 heterocycles. The first-order valence-electron chi connectivity index (χ1n) is 7.21. The van der Waals surface area contributed by atoms with Crippen LogP contribution in [-0.4, -0.2) is 16.5 Å². The standard InChI is InChI=1S/C16H20IN3O/c1-3-10-18-16-15(17)13(4-2)19-14(20-16)11-21-12-8-6-5-7-9-12/h5-9H,3-4,10-11H2,1-2H3,(H,18,19,20). The molecule has 21 heavy (non-hydrogen) atoms. The Hall–Kier alpha value is -1.37. The molecule has 1 N–H and O–H groups in total. The highest BCUT2D eigenvalue weighted by Gasteiger charge is 2.11. The van der Waals surface area contributed by atoms with Gasteiger partial charge >= 0.3 is 0 Å². The van der Waals surface area contributed by atoms with Crippen molar-refractivity contribution in [2.24, 2.45) is 0 Å². The Kier molecular flexibility index (Phi) is 6.22. The van der Waals surface area contributed by atoms with E-state index in [1.807, 2.05) is 30.3 Å². The smallest absolute Gasteiger partial charge is 0.168 e. The normalized spacial score (nSPS) is 10.4. The molecule has 0 radical (unpaired) electrons. The maximum Gasteiger partial charge on any atom is 0.168 e. The minimum absolute atomic E-state index is 0.384. The van der Waals surface area contributed by atoms with Gasteiger partial charge < -0.3 is 10.1 Å². The van der Waals surface area contributed by atoms with E-state index in [4.69, 9.17) is 4.74 Å². The zero-order valence-electron chi connectivity index (χ0n) is 12.4. The molecule has 2 aromatic rings. The first-order chi connectivity index (χ1) is 10.2. The van der Waals surface area contributed by atoms with E-state index in [-0.39, 0.29) is 0 Å². The van der Waals surface area contributed by atoms with Crippen LogP contribution >= 0.6 is 22.6 Å². The molecular weight excluding hydrogens is 377 g/mol. The molecule has 0 unspecified atom stereocenters. The molecule has 2 rings (SSSR count). The Morgan fingerprint density at radius 1 is 1.14 bits per heavy atom. The Bertz CT molecular complexity index is 575. The van der Waals surface area contributed by atoms with E-state index < -0.39 is 0 Å². The average molecular weight is 397 g/mol. The number of aromatic nitrogens is 2. The van der Waals surface area contributed by atoms with Crippen LogP contribution in [0.15, 0.2) is 30.3 Å². The first-order valence-corrected chi connectivity index (χ1v) is 8.29.